The van der Waals surface area contributed by atoms with Gasteiger partial charge in [-0.05, 0) is 90.8 Å². The molecule has 7 aromatic rings. The summed E-state index contributed by atoms with van der Waals surface area (Å²) in [5, 5.41) is 6.05. The van der Waals surface area contributed by atoms with E-state index in [1.165, 1.54) is 29.5 Å². The average molecular weight is 731 g/mol. The number of carbonyl (C=O) groups is 3. The minimum atomic E-state index is -0.830. The average Bonchev–Trinajstić information content (AvgIpc) is 3.78. The number of rotatable bonds is 6. The molecule has 0 atom stereocenters. The lowest BCUT2D eigenvalue weighted by Crippen LogP contribution is -2.19. The molecule has 1 aliphatic heterocycles. The maximum Gasteiger partial charge on any atom is 0.265 e. The number of amides is 2. The van der Waals surface area contributed by atoms with E-state index in [0.29, 0.717) is 40.4 Å². The lowest BCUT2D eigenvalue weighted by Gasteiger charge is -2.19. The lowest BCUT2D eigenvalue weighted by molar-refractivity contribution is 0.102. The van der Waals surface area contributed by atoms with Crippen molar-refractivity contribution >= 4 is 57.4 Å². The Labute approximate surface area is 305 Å². The van der Waals surface area contributed by atoms with Crippen molar-refractivity contribution in [3.63, 3.8) is 0 Å². The molecule has 0 aliphatic carbocycles. The number of pyridine rings is 2. The number of halogens is 3. The van der Waals surface area contributed by atoms with E-state index < -0.39 is 23.2 Å². The van der Waals surface area contributed by atoms with Gasteiger partial charge in [-0.15, -0.1) is 11.3 Å². The van der Waals surface area contributed by atoms with Crippen molar-refractivity contribution in [3.05, 3.63) is 149 Å². The van der Waals surface area contributed by atoms with Crippen LogP contribution < -0.4 is 15.5 Å². The number of aromatic amines is 1. The molecule has 0 spiro atoms. The fourth-order valence-electron chi connectivity index (χ4n) is 5.97. The first-order chi connectivity index (χ1) is 25.7. The molecule has 5 heterocycles. The van der Waals surface area contributed by atoms with E-state index in [1.54, 1.807) is 67.1 Å². The molecule has 13 heteroatoms. The molecule has 3 aromatic carbocycles. The fraction of sp³-hybridized carbons (Fsp3) is 0.0750. The SMILES string of the molecule is CN1CCc2cc(C(=O)Nc3c(F)cccc3F)sc2-c2ccc(F)cc21.O=Cc1ccc(NC(=O)c2cccnc2-c2c[nH]c3ccncc23)cc1. The molecule has 2 amide bonds. The zero-order valence-electron chi connectivity index (χ0n) is 28.0. The highest BCUT2D eigenvalue weighted by Gasteiger charge is 2.24. The third-order valence-corrected chi connectivity index (χ3v) is 9.87. The van der Waals surface area contributed by atoms with Gasteiger partial charge in [0.1, 0.15) is 29.4 Å². The molecule has 3 N–H and O–H groups in total. The molecule has 264 valence electrons. The number of likely N-dealkylation sites (N-methyl/N-ethyl adjacent to an activating group) is 1. The van der Waals surface area contributed by atoms with Crippen LogP contribution in [0.5, 0.6) is 0 Å². The fourth-order valence-corrected chi connectivity index (χ4v) is 7.11. The summed E-state index contributed by atoms with van der Waals surface area (Å²) in [7, 11) is 1.89. The normalized spacial score (nSPS) is 11.8. The van der Waals surface area contributed by atoms with Gasteiger partial charge in [0.25, 0.3) is 11.8 Å². The van der Waals surface area contributed by atoms with Crippen LogP contribution in [-0.4, -0.2) is 46.6 Å². The van der Waals surface area contributed by atoms with Gasteiger partial charge >= 0.3 is 0 Å². The maximum absolute atomic E-state index is 13.8. The van der Waals surface area contributed by atoms with Crippen LogP contribution in [0.1, 0.15) is 36.0 Å². The van der Waals surface area contributed by atoms with Gasteiger partial charge in [0.15, 0.2) is 0 Å². The molecule has 8 rings (SSSR count). The second-order valence-corrected chi connectivity index (χ2v) is 13.1. The van der Waals surface area contributed by atoms with Crippen molar-refractivity contribution in [2.24, 2.45) is 0 Å². The third kappa shape index (κ3) is 7.28. The molecule has 53 heavy (non-hydrogen) atoms. The van der Waals surface area contributed by atoms with Crippen molar-refractivity contribution in [3.8, 4) is 21.7 Å². The highest BCUT2D eigenvalue weighted by atomic mass is 32.1. The van der Waals surface area contributed by atoms with Gasteiger partial charge < -0.3 is 20.5 Å². The standard InChI is InChI=1S/C20H15F3N2OS.C20H14N4O2/c1-25-8-7-11-9-17(20(26)24-18-14(22)3-2-4-15(18)23)27-19(11)13-6-5-12(21)10-16(13)25;25-12-13-3-5-14(6-4-13)24-20(26)15-2-1-8-22-19(15)17-11-23-18-7-9-21-10-16(17)18/h2-6,9-10H,7-8H2,1H3,(H,24,26);1-12,23H,(H,24,26). The van der Waals surface area contributed by atoms with E-state index in [0.717, 1.165) is 56.6 Å². The molecule has 0 fully saturated rings. The quantitative estimate of drug-likeness (QED) is 0.147. The van der Waals surface area contributed by atoms with Crippen LogP contribution in [0.25, 0.3) is 32.6 Å². The first-order valence-corrected chi connectivity index (χ1v) is 17.1. The first kappa shape index (κ1) is 34.8. The second-order valence-electron chi connectivity index (χ2n) is 12.1. The number of nitrogens with zero attached hydrogens (tertiary/aromatic N) is 3. The number of aromatic nitrogens is 3. The number of fused-ring (bicyclic) bond motifs is 4. The van der Waals surface area contributed by atoms with Crippen LogP contribution in [0.3, 0.4) is 0 Å². The predicted molar refractivity (Wildman–Crippen MR) is 200 cm³/mol. The molecule has 0 bridgehead atoms. The van der Waals surface area contributed by atoms with Crippen molar-refractivity contribution in [1.29, 1.82) is 0 Å². The minimum absolute atomic E-state index is 0.273. The molecular formula is C40H29F3N6O3S. The lowest BCUT2D eigenvalue weighted by atomic mass is 10.1. The van der Waals surface area contributed by atoms with Gasteiger partial charge in [-0.1, -0.05) is 6.07 Å². The molecule has 0 saturated heterocycles. The molecule has 0 unspecified atom stereocenters. The molecular weight excluding hydrogens is 702 g/mol. The molecule has 0 saturated carbocycles. The van der Waals surface area contributed by atoms with Crippen molar-refractivity contribution in [2.45, 2.75) is 6.42 Å². The van der Waals surface area contributed by atoms with Crippen molar-refractivity contribution in [1.82, 2.24) is 15.0 Å². The Hall–Kier alpha value is -6.60. The zero-order valence-corrected chi connectivity index (χ0v) is 28.8. The molecule has 0 radical (unpaired) electrons. The van der Waals surface area contributed by atoms with E-state index in [-0.39, 0.29) is 11.7 Å². The Morgan fingerprint density at radius 1 is 0.887 bits per heavy atom. The van der Waals surface area contributed by atoms with Crippen molar-refractivity contribution in [2.75, 3.05) is 29.1 Å². The highest BCUT2D eigenvalue weighted by molar-refractivity contribution is 7.17. The Morgan fingerprint density at radius 3 is 2.45 bits per heavy atom. The van der Waals surface area contributed by atoms with E-state index in [2.05, 4.69) is 25.6 Å². The second kappa shape index (κ2) is 14.9. The van der Waals surface area contributed by atoms with Crippen LogP contribution in [0.15, 0.2) is 110 Å². The summed E-state index contributed by atoms with van der Waals surface area (Å²) < 4.78 is 41.3. The molecule has 1 aliphatic rings. The number of anilines is 3. The van der Waals surface area contributed by atoms with Gasteiger partial charge in [-0.3, -0.25) is 24.4 Å². The zero-order chi connectivity index (χ0) is 37.1. The van der Waals surface area contributed by atoms with Crippen LogP contribution in [0.2, 0.25) is 0 Å². The summed E-state index contributed by atoms with van der Waals surface area (Å²) in [6.07, 6.45) is 8.37. The number of benzene rings is 3. The smallest absolute Gasteiger partial charge is 0.265 e. The number of aldehydes is 1. The Morgan fingerprint density at radius 2 is 1.68 bits per heavy atom. The van der Waals surface area contributed by atoms with Crippen LogP contribution >= 0.6 is 11.3 Å². The van der Waals surface area contributed by atoms with E-state index in [9.17, 15) is 27.6 Å². The number of thiophene rings is 1. The van der Waals surface area contributed by atoms with Gasteiger partial charge in [-0.25, -0.2) is 13.2 Å². The Balaban J connectivity index is 0.000000164. The summed E-state index contributed by atoms with van der Waals surface area (Å²) in [6.45, 7) is 0.670. The van der Waals surface area contributed by atoms with Crippen LogP contribution in [0.4, 0.5) is 30.2 Å². The Kier molecular flexibility index (Phi) is 9.82. The number of carbonyl (C=O) groups excluding carboxylic acids is 3. The topological polar surface area (TPSA) is 120 Å². The van der Waals surface area contributed by atoms with Gasteiger partial charge in [-0.2, -0.15) is 0 Å². The molecule has 4 aromatic heterocycles. The van der Waals surface area contributed by atoms with E-state index in [1.807, 2.05) is 24.2 Å². The van der Waals surface area contributed by atoms with Crippen LogP contribution in [0, 0.1) is 17.5 Å². The van der Waals surface area contributed by atoms with Crippen LogP contribution in [-0.2, 0) is 6.42 Å². The minimum Gasteiger partial charge on any atom is -0.374 e. The largest absolute Gasteiger partial charge is 0.374 e. The summed E-state index contributed by atoms with van der Waals surface area (Å²) in [6, 6.07) is 21.7. The van der Waals surface area contributed by atoms with E-state index in [4.69, 9.17) is 0 Å². The highest BCUT2D eigenvalue weighted by Crippen LogP contribution is 2.41. The number of nitrogens with one attached hydrogen (secondary N) is 3. The number of H-pyrrole nitrogens is 1. The number of para-hydroxylation sites is 1. The van der Waals surface area contributed by atoms with Gasteiger partial charge in [0.05, 0.1) is 16.1 Å². The van der Waals surface area contributed by atoms with Crippen molar-refractivity contribution < 1.29 is 27.6 Å². The van der Waals surface area contributed by atoms with Gasteiger partial charge in [0.2, 0.25) is 0 Å². The monoisotopic (exact) mass is 730 g/mol. The third-order valence-electron chi connectivity index (χ3n) is 8.66. The maximum atomic E-state index is 13.8. The first-order valence-electron chi connectivity index (χ1n) is 16.3. The number of hydrogen-bond acceptors (Lipinski definition) is 7. The summed E-state index contributed by atoms with van der Waals surface area (Å²) in [5.74, 6) is -2.83. The summed E-state index contributed by atoms with van der Waals surface area (Å²) >= 11 is 1.23. The Bertz CT molecular complexity index is 2480. The van der Waals surface area contributed by atoms with E-state index >= 15 is 0 Å². The molecule has 9 nitrogen and oxygen atoms in total. The summed E-state index contributed by atoms with van der Waals surface area (Å²) in [4.78, 5) is 51.0. The predicted octanol–water partition coefficient (Wildman–Crippen LogP) is 8.77. The number of hydrogen-bond donors (Lipinski definition) is 3. The van der Waals surface area contributed by atoms with Gasteiger partial charge in [0, 0.05) is 82.2 Å². The summed E-state index contributed by atoms with van der Waals surface area (Å²) in [5.41, 5.74) is 6.02.